The Morgan fingerprint density at radius 2 is 1.44 bits per heavy atom. The van der Waals surface area contributed by atoms with Crippen LogP contribution in [0.3, 0.4) is 0 Å². The van der Waals surface area contributed by atoms with E-state index >= 15 is 0 Å². The van der Waals surface area contributed by atoms with E-state index in [4.69, 9.17) is 14.2 Å². The molecule has 2 aromatic carbocycles. The van der Waals surface area contributed by atoms with Gasteiger partial charge in [-0.3, -0.25) is 0 Å². The number of ether oxygens (including phenoxy) is 3. The van der Waals surface area contributed by atoms with Gasteiger partial charge in [-0.25, -0.2) is 26.3 Å². The summed E-state index contributed by atoms with van der Waals surface area (Å²) in [6.45, 7) is 1.69. The normalized spacial score (nSPS) is 21.1. The van der Waals surface area contributed by atoms with Crippen LogP contribution in [0.4, 0.5) is 0 Å². The maximum Gasteiger partial charge on any atom is 0.241 e. The second-order valence-corrected chi connectivity index (χ2v) is 11.9. The summed E-state index contributed by atoms with van der Waals surface area (Å²) in [6.07, 6.45) is 3.23. The molecule has 0 saturated carbocycles. The standard InChI is InChI=1S/C23H30N2O7S2/c1-30-18-8-11-22(23(14-18)34(28,29)25-16-20-5-3-13-32-20)17-6-9-21(10-7-17)33(26,27)24-15-19-4-2-12-31-19/h6-11,14,19-20,24-25H,2-5,12-13,15-16H2,1H3/t19-,20-/m1/s1. The van der Waals surface area contributed by atoms with Crippen molar-refractivity contribution in [3.8, 4) is 16.9 Å². The summed E-state index contributed by atoms with van der Waals surface area (Å²) in [4.78, 5) is 0.153. The Morgan fingerprint density at radius 3 is 1.97 bits per heavy atom. The zero-order valence-electron chi connectivity index (χ0n) is 19.0. The molecule has 2 fully saturated rings. The lowest BCUT2D eigenvalue weighted by Gasteiger charge is -2.16. The highest BCUT2D eigenvalue weighted by atomic mass is 32.2. The molecule has 0 aliphatic carbocycles. The van der Waals surface area contributed by atoms with E-state index in [1.165, 1.54) is 25.3 Å². The van der Waals surface area contributed by atoms with Crippen LogP contribution < -0.4 is 14.2 Å². The molecule has 0 unspecified atom stereocenters. The minimum absolute atomic E-state index is 0.0527. The van der Waals surface area contributed by atoms with Crippen LogP contribution in [0.1, 0.15) is 25.7 Å². The number of hydrogen-bond acceptors (Lipinski definition) is 7. The van der Waals surface area contributed by atoms with Crippen LogP contribution in [-0.4, -0.2) is 62.5 Å². The summed E-state index contributed by atoms with van der Waals surface area (Å²) in [5, 5.41) is 0. The Hall–Kier alpha value is -2.02. The van der Waals surface area contributed by atoms with Crippen molar-refractivity contribution in [3.63, 3.8) is 0 Å². The molecule has 2 atom stereocenters. The number of sulfonamides is 2. The fourth-order valence-corrected chi connectivity index (χ4v) is 6.46. The lowest BCUT2D eigenvalue weighted by atomic mass is 10.1. The SMILES string of the molecule is COc1ccc(-c2ccc(S(=O)(=O)NC[C@H]3CCCO3)cc2)c(S(=O)(=O)NC[C@H]2CCCO2)c1. The van der Waals surface area contributed by atoms with Crippen LogP contribution >= 0.6 is 0 Å². The monoisotopic (exact) mass is 510 g/mol. The van der Waals surface area contributed by atoms with Crippen LogP contribution in [0.15, 0.2) is 52.3 Å². The molecule has 0 bridgehead atoms. The number of rotatable bonds is 10. The molecule has 0 radical (unpaired) electrons. The average Bonchev–Trinajstić information content (AvgIpc) is 3.56. The van der Waals surface area contributed by atoms with Crippen molar-refractivity contribution in [1.29, 1.82) is 0 Å². The molecule has 34 heavy (non-hydrogen) atoms. The molecule has 2 saturated heterocycles. The van der Waals surface area contributed by atoms with E-state index in [1.807, 2.05) is 0 Å². The van der Waals surface area contributed by atoms with Crippen LogP contribution in [-0.2, 0) is 29.5 Å². The summed E-state index contributed by atoms with van der Waals surface area (Å²) in [5.74, 6) is 0.402. The highest BCUT2D eigenvalue weighted by Crippen LogP contribution is 2.31. The van der Waals surface area contributed by atoms with E-state index in [1.54, 1.807) is 24.3 Å². The van der Waals surface area contributed by atoms with Crippen molar-refractivity contribution in [2.75, 3.05) is 33.4 Å². The average molecular weight is 511 g/mol. The van der Waals surface area contributed by atoms with Crippen molar-refractivity contribution in [1.82, 2.24) is 9.44 Å². The smallest absolute Gasteiger partial charge is 0.241 e. The summed E-state index contributed by atoms with van der Waals surface area (Å²) in [6, 6.07) is 10.9. The molecule has 4 rings (SSSR count). The number of nitrogens with one attached hydrogen (secondary N) is 2. The predicted molar refractivity (Wildman–Crippen MR) is 127 cm³/mol. The molecule has 11 heteroatoms. The first-order chi connectivity index (χ1) is 16.3. The minimum atomic E-state index is -3.87. The van der Waals surface area contributed by atoms with Gasteiger partial charge in [0.05, 0.1) is 29.1 Å². The van der Waals surface area contributed by atoms with Gasteiger partial charge in [-0.15, -0.1) is 0 Å². The second-order valence-electron chi connectivity index (χ2n) is 8.36. The molecule has 2 aliphatic rings. The lowest BCUT2D eigenvalue weighted by molar-refractivity contribution is 0.114. The molecular formula is C23H30N2O7S2. The van der Waals surface area contributed by atoms with Crippen LogP contribution in [0.2, 0.25) is 0 Å². The summed E-state index contributed by atoms with van der Waals surface area (Å²) >= 11 is 0. The van der Waals surface area contributed by atoms with Gasteiger partial charge in [-0.05, 0) is 55.5 Å². The van der Waals surface area contributed by atoms with E-state index < -0.39 is 20.0 Å². The highest BCUT2D eigenvalue weighted by Gasteiger charge is 2.25. The molecule has 2 aliphatic heterocycles. The minimum Gasteiger partial charge on any atom is -0.497 e. The lowest BCUT2D eigenvalue weighted by Crippen LogP contribution is -2.32. The maximum absolute atomic E-state index is 13.1. The van der Waals surface area contributed by atoms with Crippen LogP contribution in [0.5, 0.6) is 5.75 Å². The topological polar surface area (TPSA) is 120 Å². The first-order valence-electron chi connectivity index (χ1n) is 11.3. The van der Waals surface area contributed by atoms with Crippen LogP contribution in [0, 0.1) is 0 Å². The summed E-state index contributed by atoms with van der Waals surface area (Å²) in [5.41, 5.74) is 1.01. The van der Waals surface area contributed by atoms with Crippen molar-refractivity contribution < 1.29 is 31.0 Å². The summed E-state index contributed by atoms with van der Waals surface area (Å²) in [7, 11) is -6.11. The predicted octanol–water partition coefficient (Wildman–Crippen LogP) is 2.28. The van der Waals surface area contributed by atoms with Crippen molar-refractivity contribution in [3.05, 3.63) is 42.5 Å². The fraction of sp³-hybridized carbons (Fsp3) is 0.478. The molecule has 0 amide bonds. The van der Waals surface area contributed by atoms with Gasteiger partial charge in [0.15, 0.2) is 0 Å². The molecule has 9 nitrogen and oxygen atoms in total. The molecule has 0 aromatic heterocycles. The van der Waals surface area contributed by atoms with E-state index in [2.05, 4.69) is 9.44 Å². The van der Waals surface area contributed by atoms with E-state index in [0.29, 0.717) is 30.1 Å². The Morgan fingerprint density at radius 1 is 0.853 bits per heavy atom. The number of methoxy groups -OCH3 is 1. The molecule has 186 valence electrons. The van der Waals surface area contributed by atoms with E-state index in [-0.39, 0.29) is 35.1 Å². The van der Waals surface area contributed by atoms with Crippen molar-refractivity contribution >= 4 is 20.0 Å². The van der Waals surface area contributed by atoms with Gasteiger partial charge in [-0.2, -0.15) is 0 Å². The molecule has 0 spiro atoms. The number of hydrogen-bond donors (Lipinski definition) is 2. The van der Waals surface area contributed by atoms with Crippen molar-refractivity contribution in [2.45, 2.75) is 47.7 Å². The maximum atomic E-state index is 13.1. The van der Waals surface area contributed by atoms with Gasteiger partial charge in [0.2, 0.25) is 20.0 Å². The Balaban J connectivity index is 1.56. The Bertz CT molecular complexity index is 1190. The van der Waals surface area contributed by atoms with Gasteiger partial charge < -0.3 is 14.2 Å². The van der Waals surface area contributed by atoms with E-state index in [9.17, 15) is 16.8 Å². The molecular weight excluding hydrogens is 480 g/mol. The first kappa shape index (κ1) is 25.1. The third-order valence-electron chi connectivity index (χ3n) is 6.00. The van der Waals surface area contributed by atoms with Gasteiger partial charge in [-0.1, -0.05) is 12.1 Å². The third-order valence-corrected chi connectivity index (χ3v) is 8.91. The van der Waals surface area contributed by atoms with Gasteiger partial charge in [0.1, 0.15) is 5.75 Å². The fourth-order valence-electron chi connectivity index (χ4n) is 4.08. The van der Waals surface area contributed by atoms with Gasteiger partial charge in [0.25, 0.3) is 0 Å². The number of benzene rings is 2. The van der Waals surface area contributed by atoms with Gasteiger partial charge in [0, 0.05) is 37.9 Å². The molecule has 2 heterocycles. The largest absolute Gasteiger partial charge is 0.497 e. The van der Waals surface area contributed by atoms with Gasteiger partial charge >= 0.3 is 0 Å². The Kier molecular flexibility index (Phi) is 7.90. The highest BCUT2D eigenvalue weighted by molar-refractivity contribution is 7.89. The Labute approximate surface area is 200 Å². The zero-order valence-corrected chi connectivity index (χ0v) is 20.7. The molecule has 2 aromatic rings. The van der Waals surface area contributed by atoms with E-state index in [0.717, 1.165) is 25.7 Å². The third kappa shape index (κ3) is 5.96. The second kappa shape index (κ2) is 10.7. The first-order valence-corrected chi connectivity index (χ1v) is 14.3. The van der Waals surface area contributed by atoms with Crippen molar-refractivity contribution in [2.24, 2.45) is 0 Å². The quantitative estimate of drug-likeness (QED) is 0.503. The van der Waals surface area contributed by atoms with Crippen LogP contribution in [0.25, 0.3) is 11.1 Å². The zero-order chi connectivity index (χ0) is 24.2. The molecule has 2 N–H and O–H groups in total. The summed E-state index contributed by atoms with van der Waals surface area (Å²) < 4.78 is 73.1.